The molecule has 2 aliphatic rings. The zero-order valence-electron chi connectivity index (χ0n) is 19.9. The summed E-state index contributed by atoms with van der Waals surface area (Å²) in [7, 11) is -1.73. The second-order valence-electron chi connectivity index (χ2n) is 9.40. The molecule has 0 spiro atoms. The number of halogens is 1. The molecule has 0 bridgehead atoms. The summed E-state index contributed by atoms with van der Waals surface area (Å²) in [4.78, 5) is 40.1. The smallest absolute Gasteiger partial charge is 0.242 e. The Morgan fingerprint density at radius 3 is 2.18 bits per heavy atom. The monoisotopic (exact) mass is 493 g/mol. The van der Waals surface area contributed by atoms with Gasteiger partial charge in [0.2, 0.25) is 17.7 Å². The predicted molar refractivity (Wildman–Crippen MR) is 131 cm³/mol. The summed E-state index contributed by atoms with van der Waals surface area (Å²) in [5.74, 6) is -2.10. The highest BCUT2D eigenvalue weighted by molar-refractivity contribution is 7.86. The lowest BCUT2D eigenvalue weighted by Gasteiger charge is -2.38. The maximum absolute atomic E-state index is 13.2. The van der Waals surface area contributed by atoms with Gasteiger partial charge in [-0.15, -0.1) is 0 Å². The van der Waals surface area contributed by atoms with Gasteiger partial charge in [0.15, 0.2) is 0 Å². The molecular weight excluding hydrogens is 457 g/mol. The average Bonchev–Trinajstić information content (AvgIpc) is 2.81. The van der Waals surface area contributed by atoms with Crippen LogP contribution in [0.15, 0.2) is 24.3 Å². The molecule has 0 saturated heterocycles. The van der Waals surface area contributed by atoms with Crippen LogP contribution in [-0.2, 0) is 25.2 Å². The molecule has 188 valence electrons. The lowest BCUT2D eigenvalue weighted by Crippen LogP contribution is -2.55. The minimum atomic E-state index is -1.73. The summed E-state index contributed by atoms with van der Waals surface area (Å²) in [5.41, 5.74) is 0.395. The van der Waals surface area contributed by atoms with Crippen LogP contribution in [0, 0.1) is 5.82 Å². The molecule has 1 aromatic rings. The van der Waals surface area contributed by atoms with E-state index in [-0.39, 0.29) is 35.4 Å². The highest BCUT2D eigenvalue weighted by Gasteiger charge is 2.34. The number of anilines is 1. The third-order valence-electron chi connectivity index (χ3n) is 6.71. The third-order valence-corrected chi connectivity index (χ3v) is 7.86. The van der Waals surface area contributed by atoms with Crippen LogP contribution in [0.2, 0.25) is 0 Å². The van der Waals surface area contributed by atoms with Crippen LogP contribution >= 0.6 is 0 Å². The molecule has 3 rings (SSSR count). The van der Waals surface area contributed by atoms with E-state index in [0.29, 0.717) is 5.69 Å². The van der Waals surface area contributed by atoms with Crippen molar-refractivity contribution in [1.29, 1.82) is 0 Å². The quantitative estimate of drug-likeness (QED) is 0.550. The average molecular weight is 494 g/mol. The lowest BCUT2D eigenvalue weighted by molar-refractivity contribution is -0.141. The topological polar surface area (TPSA) is 95.6 Å². The fraction of sp³-hybridized carbons (Fsp3) is 0.640. The van der Waals surface area contributed by atoms with Gasteiger partial charge in [-0.2, -0.15) is 0 Å². The van der Waals surface area contributed by atoms with Crippen molar-refractivity contribution in [1.82, 2.24) is 10.2 Å². The number of hydrogen-bond donors (Lipinski definition) is 2. The Morgan fingerprint density at radius 1 is 0.971 bits per heavy atom. The Morgan fingerprint density at radius 2 is 1.56 bits per heavy atom. The Kier molecular flexibility index (Phi) is 10.0. The van der Waals surface area contributed by atoms with Crippen LogP contribution in [0.3, 0.4) is 0 Å². The van der Waals surface area contributed by atoms with Gasteiger partial charge in [-0.25, -0.2) is 4.39 Å². The summed E-state index contributed by atoms with van der Waals surface area (Å²) >= 11 is 0. The maximum atomic E-state index is 13.2. The largest absolute Gasteiger partial charge is 0.352 e. The number of hydrogen-bond acceptors (Lipinski definition) is 4. The first kappa shape index (κ1) is 26.3. The van der Waals surface area contributed by atoms with E-state index in [4.69, 9.17) is 0 Å². The first-order chi connectivity index (χ1) is 16.3. The lowest BCUT2D eigenvalue weighted by atomic mass is 9.92. The molecule has 7 nitrogen and oxygen atoms in total. The molecule has 2 saturated carbocycles. The van der Waals surface area contributed by atoms with E-state index in [2.05, 4.69) is 10.6 Å². The van der Waals surface area contributed by atoms with Crippen LogP contribution in [0.4, 0.5) is 10.1 Å². The van der Waals surface area contributed by atoms with Gasteiger partial charge in [-0.1, -0.05) is 38.5 Å². The Labute approximate surface area is 203 Å². The van der Waals surface area contributed by atoms with Crippen molar-refractivity contribution in [2.45, 2.75) is 89.3 Å². The molecule has 2 aliphatic carbocycles. The van der Waals surface area contributed by atoms with Gasteiger partial charge in [0.1, 0.15) is 23.4 Å². The number of carbonyl (C=O) groups excluding carboxylic acids is 3. The molecule has 34 heavy (non-hydrogen) atoms. The standard InChI is InChI=1S/C25H36FN3O4S/c1-18(25(32)28-20-8-4-2-5-9-20)29(22-10-6-3-7-11-22)24(31)17-34(33)16-23(30)27-21-14-12-19(26)13-15-21/h12-15,18,20,22H,2-11,16-17H2,1H3,(H,27,30)(H,28,32)/t18-,34+/m0/s1. The number of nitrogens with zero attached hydrogens (tertiary/aromatic N) is 1. The van der Waals surface area contributed by atoms with E-state index in [0.717, 1.165) is 57.8 Å². The van der Waals surface area contributed by atoms with E-state index in [9.17, 15) is 23.0 Å². The molecule has 2 N–H and O–H groups in total. The van der Waals surface area contributed by atoms with Gasteiger partial charge in [-0.3, -0.25) is 18.6 Å². The minimum Gasteiger partial charge on any atom is -0.352 e. The molecule has 1 aromatic carbocycles. The van der Waals surface area contributed by atoms with E-state index in [1.807, 2.05) is 0 Å². The Bertz CT molecular complexity index is 867. The molecule has 2 fully saturated rings. The van der Waals surface area contributed by atoms with Gasteiger partial charge in [0.05, 0.1) is 0 Å². The van der Waals surface area contributed by atoms with Crippen LogP contribution in [0.5, 0.6) is 0 Å². The van der Waals surface area contributed by atoms with Crippen LogP contribution in [0.1, 0.15) is 71.1 Å². The first-order valence-corrected chi connectivity index (χ1v) is 13.8. The zero-order chi connectivity index (χ0) is 24.5. The van der Waals surface area contributed by atoms with Crippen LogP contribution in [0.25, 0.3) is 0 Å². The fourth-order valence-electron chi connectivity index (χ4n) is 4.93. The van der Waals surface area contributed by atoms with Gasteiger partial charge in [0.25, 0.3) is 0 Å². The molecule has 0 unspecified atom stereocenters. The molecular formula is C25H36FN3O4S. The highest BCUT2D eigenvalue weighted by Crippen LogP contribution is 2.25. The first-order valence-electron chi connectivity index (χ1n) is 12.4. The van der Waals surface area contributed by atoms with E-state index in [1.165, 1.54) is 30.7 Å². The number of amides is 3. The van der Waals surface area contributed by atoms with Gasteiger partial charge in [-0.05, 0) is 56.9 Å². The summed E-state index contributed by atoms with van der Waals surface area (Å²) in [5, 5.41) is 5.68. The van der Waals surface area contributed by atoms with Crippen molar-refractivity contribution in [2.24, 2.45) is 0 Å². The van der Waals surface area contributed by atoms with Crippen molar-refractivity contribution in [2.75, 3.05) is 16.8 Å². The van der Waals surface area contributed by atoms with Crippen molar-refractivity contribution in [3.05, 3.63) is 30.1 Å². The molecule has 0 aromatic heterocycles. The summed E-state index contributed by atoms with van der Waals surface area (Å²) in [6.07, 6.45) is 10.1. The molecule has 0 radical (unpaired) electrons. The predicted octanol–water partition coefficient (Wildman–Crippen LogP) is 3.51. The molecule has 3 amide bonds. The summed E-state index contributed by atoms with van der Waals surface area (Å²) < 4.78 is 25.7. The Balaban J connectivity index is 1.59. The normalized spacial score (nSPS) is 19.1. The van der Waals surface area contributed by atoms with E-state index >= 15 is 0 Å². The summed E-state index contributed by atoms with van der Waals surface area (Å²) in [6.45, 7) is 1.74. The second kappa shape index (κ2) is 13.0. The maximum Gasteiger partial charge on any atom is 0.242 e. The SMILES string of the molecule is C[C@@H](C(=O)NC1CCCCC1)N(C(=O)C[S@](=O)CC(=O)Nc1ccc(F)cc1)C1CCCCC1. The van der Waals surface area contributed by atoms with Gasteiger partial charge >= 0.3 is 0 Å². The zero-order valence-corrected chi connectivity index (χ0v) is 20.7. The number of nitrogens with one attached hydrogen (secondary N) is 2. The van der Waals surface area contributed by atoms with Crippen molar-refractivity contribution in [3.63, 3.8) is 0 Å². The fourth-order valence-corrected chi connectivity index (χ4v) is 5.82. The molecule has 9 heteroatoms. The van der Waals surface area contributed by atoms with Gasteiger partial charge < -0.3 is 15.5 Å². The Hall–Kier alpha value is -2.29. The molecule has 0 heterocycles. The van der Waals surface area contributed by atoms with E-state index in [1.54, 1.807) is 11.8 Å². The van der Waals surface area contributed by atoms with Crippen molar-refractivity contribution >= 4 is 34.2 Å². The van der Waals surface area contributed by atoms with Crippen LogP contribution in [-0.4, -0.2) is 56.5 Å². The number of carbonyl (C=O) groups is 3. The molecule has 2 atom stereocenters. The van der Waals surface area contributed by atoms with Crippen molar-refractivity contribution < 1.29 is 23.0 Å². The second-order valence-corrected chi connectivity index (χ2v) is 10.9. The van der Waals surface area contributed by atoms with E-state index < -0.39 is 28.6 Å². The minimum absolute atomic E-state index is 0.0570. The van der Waals surface area contributed by atoms with Crippen molar-refractivity contribution in [3.8, 4) is 0 Å². The highest BCUT2D eigenvalue weighted by atomic mass is 32.2. The number of benzene rings is 1. The van der Waals surface area contributed by atoms with Crippen LogP contribution < -0.4 is 10.6 Å². The molecule has 0 aliphatic heterocycles. The van der Waals surface area contributed by atoms with Gasteiger partial charge in [0, 0.05) is 28.6 Å². The number of rotatable bonds is 9. The summed E-state index contributed by atoms with van der Waals surface area (Å²) in [6, 6.07) is 4.71. The third kappa shape index (κ3) is 7.89.